The Hall–Kier alpha value is -0.980. The predicted molar refractivity (Wildman–Crippen MR) is 104 cm³/mol. The molecule has 0 aromatic carbocycles. The number of fused-ring (bicyclic) bond motifs is 1. The molecule has 0 aromatic rings. The summed E-state index contributed by atoms with van der Waals surface area (Å²) in [4.78, 5) is 25.9. The molecule has 5 aliphatic rings. The maximum absolute atomic E-state index is 13.8. The zero-order valence-corrected chi connectivity index (χ0v) is 18.0. The number of methoxy groups -OCH3 is 1. The van der Waals surface area contributed by atoms with Crippen molar-refractivity contribution in [2.75, 3.05) is 20.3 Å². The first-order valence-electron chi connectivity index (χ1n) is 11.2. The van der Waals surface area contributed by atoms with Gasteiger partial charge in [-0.2, -0.15) is 0 Å². The van der Waals surface area contributed by atoms with E-state index in [1.807, 2.05) is 6.92 Å². The van der Waals surface area contributed by atoms with E-state index in [4.69, 9.17) is 14.2 Å². The van der Waals surface area contributed by atoms with Crippen molar-refractivity contribution in [2.24, 2.45) is 39.9 Å². The Kier molecular flexibility index (Phi) is 4.31. The van der Waals surface area contributed by atoms with E-state index in [0.717, 1.165) is 32.3 Å². The maximum atomic E-state index is 13.8. The lowest BCUT2D eigenvalue weighted by atomic mass is 9.38. The zero-order valence-electron chi connectivity index (χ0n) is 18.0. The van der Waals surface area contributed by atoms with Gasteiger partial charge in [-0.3, -0.25) is 9.59 Å². The second-order valence-corrected chi connectivity index (χ2v) is 10.8. The van der Waals surface area contributed by atoms with Gasteiger partial charge in [-0.1, -0.05) is 20.3 Å². The molecule has 0 aromatic heterocycles. The first kappa shape index (κ1) is 20.0. The van der Waals surface area contributed by atoms with Crippen LogP contribution in [0.15, 0.2) is 0 Å². The molecular weight excluding hydrogens is 372 g/mol. The lowest BCUT2D eigenvalue weighted by Crippen LogP contribution is -2.74. The third kappa shape index (κ3) is 2.23. The molecule has 1 aliphatic heterocycles. The molecule has 4 saturated carbocycles. The quantitative estimate of drug-likeness (QED) is 0.709. The summed E-state index contributed by atoms with van der Waals surface area (Å²) < 4.78 is 18.1. The van der Waals surface area contributed by atoms with Crippen molar-refractivity contribution < 1.29 is 28.9 Å². The topological polar surface area (TPSA) is 82.1 Å². The highest BCUT2D eigenvalue weighted by atomic mass is 16.5. The standard InChI is InChI=1S/C23H34O6/c1-12-14-8-15(29-13(2)24)18-22-7-5-6-21(3,10-28-11-22)16(22)9-17(27-4)23(18,19(12)25)20(14)26/h12,14-18,20,26H,5-11H2,1-4H3/t12-,14+,15+,16-,17+,18+,20-,21+,22+,23?/m1/s1. The first-order valence-corrected chi connectivity index (χ1v) is 11.2. The summed E-state index contributed by atoms with van der Waals surface area (Å²) in [6, 6.07) is 0. The van der Waals surface area contributed by atoms with E-state index >= 15 is 0 Å². The molecule has 4 aliphatic carbocycles. The highest BCUT2D eigenvalue weighted by Crippen LogP contribution is 2.73. The Morgan fingerprint density at radius 2 is 2.00 bits per heavy atom. The van der Waals surface area contributed by atoms with Crippen LogP contribution in [0, 0.1) is 39.9 Å². The second kappa shape index (κ2) is 6.27. The maximum Gasteiger partial charge on any atom is 0.302 e. The van der Waals surface area contributed by atoms with Crippen LogP contribution in [-0.4, -0.2) is 55.5 Å². The summed E-state index contributed by atoms with van der Waals surface area (Å²) in [5.74, 6) is -0.572. The molecule has 5 rings (SSSR count). The number of aliphatic hydroxyl groups is 1. The SMILES string of the molecule is CO[C@H]1C[C@@H]2[C@@]3(C)CCC[C@@]2(COC3)[C@@H]2[C@@H](OC(C)=O)C[C@@H]3[C@@H](O)C12C(=O)[C@@H]3C. The van der Waals surface area contributed by atoms with Gasteiger partial charge >= 0.3 is 5.97 Å². The third-order valence-electron chi connectivity index (χ3n) is 9.70. The molecule has 1 saturated heterocycles. The van der Waals surface area contributed by atoms with Crippen molar-refractivity contribution in [3.63, 3.8) is 0 Å². The van der Waals surface area contributed by atoms with Gasteiger partial charge in [0.05, 0.1) is 30.8 Å². The van der Waals surface area contributed by atoms with Crippen LogP contribution in [0.5, 0.6) is 0 Å². The van der Waals surface area contributed by atoms with Gasteiger partial charge in [0.15, 0.2) is 0 Å². The van der Waals surface area contributed by atoms with Crippen molar-refractivity contribution in [3.05, 3.63) is 0 Å². The number of carbonyl (C=O) groups excluding carboxylic acids is 2. The molecule has 10 atom stereocenters. The monoisotopic (exact) mass is 406 g/mol. The Labute approximate surface area is 172 Å². The number of rotatable bonds is 2. The van der Waals surface area contributed by atoms with Crippen molar-refractivity contribution >= 4 is 11.8 Å². The number of aliphatic hydroxyl groups excluding tert-OH is 1. The first-order chi connectivity index (χ1) is 13.7. The highest BCUT2D eigenvalue weighted by Gasteiger charge is 2.79. The van der Waals surface area contributed by atoms with Crippen LogP contribution < -0.4 is 0 Å². The molecule has 6 nitrogen and oxygen atoms in total. The van der Waals surface area contributed by atoms with Crippen LogP contribution in [0.3, 0.4) is 0 Å². The summed E-state index contributed by atoms with van der Waals surface area (Å²) in [7, 11) is 1.67. The molecule has 1 N–H and O–H groups in total. The molecule has 0 radical (unpaired) electrons. The lowest BCUT2D eigenvalue weighted by molar-refractivity contribution is -0.298. The van der Waals surface area contributed by atoms with Gasteiger partial charge in [0.25, 0.3) is 0 Å². The minimum atomic E-state index is -1.01. The van der Waals surface area contributed by atoms with Crippen molar-refractivity contribution in [2.45, 2.75) is 71.2 Å². The highest BCUT2D eigenvalue weighted by molar-refractivity contribution is 5.92. The van der Waals surface area contributed by atoms with Crippen molar-refractivity contribution in [1.29, 1.82) is 0 Å². The molecule has 4 bridgehead atoms. The van der Waals surface area contributed by atoms with Gasteiger partial charge in [-0.05, 0) is 42.9 Å². The number of carbonyl (C=O) groups is 2. The molecular formula is C23H34O6. The average molecular weight is 407 g/mol. The summed E-state index contributed by atoms with van der Waals surface area (Å²) in [5, 5.41) is 11.6. The van der Waals surface area contributed by atoms with E-state index in [0.29, 0.717) is 18.9 Å². The number of ether oxygens (including phenoxy) is 3. The Morgan fingerprint density at radius 1 is 1.24 bits per heavy atom. The van der Waals surface area contributed by atoms with Gasteiger partial charge in [0.2, 0.25) is 0 Å². The van der Waals surface area contributed by atoms with Crippen LogP contribution in [0.2, 0.25) is 0 Å². The molecule has 5 fully saturated rings. The Balaban J connectivity index is 1.74. The van der Waals surface area contributed by atoms with E-state index in [1.165, 1.54) is 6.92 Å². The third-order valence-corrected chi connectivity index (χ3v) is 9.70. The van der Waals surface area contributed by atoms with E-state index in [9.17, 15) is 14.7 Å². The number of Topliss-reactive ketones (excluding diaryl/α,β-unsaturated/α-hetero) is 1. The van der Waals surface area contributed by atoms with Gasteiger partial charge < -0.3 is 19.3 Å². The van der Waals surface area contributed by atoms with Crippen molar-refractivity contribution in [1.82, 2.24) is 0 Å². The summed E-state index contributed by atoms with van der Waals surface area (Å²) >= 11 is 0. The average Bonchev–Trinajstić information content (AvgIpc) is 2.77. The van der Waals surface area contributed by atoms with Gasteiger partial charge in [-0.25, -0.2) is 0 Å². The van der Waals surface area contributed by atoms with Crippen LogP contribution in [-0.2, 0) is 23.8 Å². The fraction of sp³-hybridized carbons (Fsp3) is 0.913. The minimum absolute atomic E-state index is 0.0325. The zero-order chi connectivity index (χ0) is 20.8. The second-order valence-electron chi connectivity index (χ2n) is 10.8. The number of hydrogen-bond acceptors (Lipinski definition) is 6. The normalized spacial score (nSPS) is 55.8. The molecule has 1 spiro atoms. The van der Waals surface area contributed by atoms with Gasteiger partial charge in [0, 0.05) is 31.3 Å². The van der Waals surface area contributed by atoms with Crippen LogP contribution >= 0.6 is 0 Å². The minimum Gasteiger partial charge on any atom is -0.462 e. The smallest absolute Gasteiger partial charge is 0.302 e. The Morgan fingerprint density at radius 3 is 2.69 bits per heavy atom. The van der Waals surface area contributed by atoms with Gasteiger partial charge in [-0.15, -0.1) is 0 Å². The van der Waals surface area contributed by atoms with Crippen LogP contribution in [0.25, 0.3) is 0 Å². The van der Waals surface area contributed by atoms with Crippen LogP contribution in [0.1, 0.15) is 52.9 Å². The van der Waals surface area contributed by atoms with E-state index in [-0.39, 0.29) is 52.5 Å². The lowest BCUT2D eigenvalue weighted by Gasteiger charge is -2.69. The molecule has 6 heteroatoms. The number of esters is 1. The van der Waals surface area contributed by atoms with Crippen LogP contribution in [0.4, 0.5) is 0 Å². The largest absolute Gasteiger partial charge is 0.462 e. The van der Waals surface area contributed by atoms with E-state index in [2.05, 4.69) is 6.92 Å². The number of ketones is 1. The van der Waals surface area contributed by atoms with Crippen molar-refractivity contribution in [3.8, 4) is 0 Å². The van der Waals surface area contributed by atoms with E-state index in [1.54, 1.807) is 7.11 Å². The van der Waals surface area contributed by atoms with E-state index < -0.39 is 11.5 Å². The summed E-state index contributed by atoms with van der Waals surface area (Å²) in [6.45, 7) is 6.98. The Bertz CT molecular complexity index is 723. The fourth-order valence-electron chi connectivity index (χ4n) is 8.83. The number of hydrogen-bond donors (Lipinski definition) is 1. The fourth-order valence-corrected chi connectivity index (χ4v) is 8.83. The summed E-state index contributed by atoms with van der Waals surface area (Å²) in [6.07, 6.45) is 2.96. The molecule has 162 valence electrons. The van der Waals surface area contributed by atoms with Gasteiger partial charge in [0.1, 0.15) is 11.9 Å². The molecule has 0 amide bonds. The predicted octanol–water partition coefficient (Wildman–Crippen LogP) is 2.36. The molecule has 29 heavy (non-hydrogen) atoms. The summed E-state index contributed by atoms with van der Waals surface area (Å²) in [5.41, 5.74) is -1.23. The molecule has 1 unspecified atom stereocenters. The molecule has 1 heterocycles.